The van der Waals surface area contributed by atoms with Gasteiger partial charge in [0.15, 0.2) is 0 Å². The Bertz CT molecular complexity index is 5960. The molecule has 0 N–H and O–H groups in total. The molecule has 104 heavy (non-hydrogen) atoms. The Hall–Kier alpha value is -11.4. The van der Waals surface area contributed by atoms with Gasteiger partial charge in [-0.05, 0) is 203 Å². The quantitative estimate of drug-likeness (QED) is 0.106. The van der Waals surface area contributed by atoms with E-state index in [4.69, 9.17) is 0 Å². The first-order valence-electron chi connectivity index (χ1n) is 37.9. The van der Waals surface area contributed by atoms with Crippen LogP contribution in [0.4, 0.5) is 39.8 Å². The van der Waals surface area contributed by atoms with Crippen LogP contribution >= 0.6 is 0 Å². The average Bonchev–Trinajstić information content (AvgIpc) is 0.886. The molecule has 4 bridgehead atoms. The molecule has 500 valence electrons. The van der Waals surface area contributed by atoms with Crippen LogP contribution in [0.5, 0.6) is 0 Å². The van der Waals surface area contributed by atoms with Crippen LogP contribution in [0, 0.1) is 11.8 Å². The average molecular weight is 1340 g/mol. The minimum atomic E-state index is -0.228. The predicted molar refractivity (Wildman–Crippen MR) is 443 cm³/mol. The Morgan fingerprint density at radius 3 is 1.27 bits per heavy atom. The first-order valence-corrected chi connectivity index (χ1v) is 37.9. The fraction of sp³-hybridized carbons (Fsp3) is 0.172. The Labute approximate surface area is 610 Å². The lowest BCUT2D eigenvalue weighted by Gasteiger charge is -2.58. The highest BCUT2D eigenvalue weighted by Gasteiger charge is 2.50. The van der Waals surface area contributed by atoms with E-state index in [9.17, 15) is 0 Å². The zero-order chi connectivity index (χ0) is 69.4. The number of para-hydroxylation sites is 4. The molecule has 4 fully saturated rings. The summed E-state index contributed by atoms with van der Waals surface area (Å²) in [5.74, 6) is 1.56. The van der Waals surface area contributed by atoms with Crippen LogP contribution in [-0.2, 0) is 10.8 Å². The van der Waals surface area contributed by atoms with Gasteiger partial charge in [0, 0.05) is 79.2 Å². The van der Waals surface area contributed by atoms with Crippen LogP contribution < -0.4 is 31.1 Å². The Morgan fingerprint density at radius 1 is 0.308 bits per heavy atom. The topological polar surface area (TPSA) is 14.7 Å². The maximum Gasteiger partial charge on any atom is 0.252 e. The van der Waals surface area contributed by atoms with Crippen molar-refractivity contribution in [3.05, 3.63) is 308 Å². The third-order valence-electron chi connectivity index (χ3n) is 24.6. The van der Waals surface area contributed by atoms with Gasteiger partial charge in [-0.2, -0.15) is 0 Å². The summed E-state index contributed by atoms with van der Waals surface area (Å²) >= 11 is 0. The van der Waals surface area contributed by atoms with E-state index in [0.29, 0.717) is 12.1 Å². The molecule has 2 saturated carbocycles. The zero-order valence-electron chi connectivity index (χ0n) is 60.0. The fourth-order valence-corrected chi connectivity index (χ4v) is 20.1. The molecule has 2 saturated heterocycles. The summed E-state index contributed by atoms with van der Waals surface area (Å²) in [5.41, 5.74) is 30.3. The SMILES string of the molecule is CC(C)(C)c1cc2ccc3cc(C(C)(C)C)cc4c(-c5ccc6c(c5)B5c7ccc(-n8c9ccccc9c9ccccc98)cc7N(c7c(-c8ccccc8)cccc7-c7ccccc7)c7cc(N8C9CC%10CC(C9)CC8C%10)cc(c75)N6c5c(-c6ccccc6)cccc5-c5ccccc5)cc(c1)c2c34. The van der Waals surface area contributed by atoms with Crippen molar-refractivity contribution in [2.45, 2.75) is 96.6 Å². The number of hydrogen-bond acceptors (Lipinski definition) is 3. The van der Waals surface area contributed by atoms with Crippen molar-refractivity contribution in [3.8, 4) is 61.3 Å². The number of nitrogens with zero attached hydrogens (tertiary/aromatic N) is 4. The van der Waals surface area contributed by atoms with Gasteiger partial charge in [-0.25, -0.2) is 0 Å². The second-order valence-electron chi connectivity index (χ2n) is 32.8. The number of aromatic nitrogens is 1. The van der Waals surface area contributed by atoms with E-state index in [2.05, 4.69) is 358 Å². The summed E-state index contributed by atoms with van der Waals surface area (Å²) in [4.78, 5) is 8.52. The minimum Gasteiger partial charge on any atom is -0.365 e. The molecule has 0 amide bonds. The second kappa shape index (κ2) is 23.1. The lowest BCUT2D eigenvalue weighted by Crippen LogP contribution is -2.62. The van der Waals surface area contributed by atoms with E-state index in [1.54, 1.807) is 0 Å². The van der Waals surface area contributed by atoms with Crippen LogP contribution in [-0.4, -0.2) is 23.4 Å². The van der Waals surface area contributed by atoms with Crippen molar-refractivity contribution >= 4 is 117 Å². The van der Waals surface area contributed by atoms with E-state index in [-0.39, 0.29) is 17.5 Å². The number of rotatable bonds is 9. The predicted octanol–water partition coefficient (Wildman–Crippen LogP) is 24.5. The molecule has 15 aromatic carbocycles. The van der Waals surface area contributed by atoms with Gasteiger partial charge in [0.1, 0.15) is 0 Å². The van der Waals surface area contributed by atoms with Crippen molar-refractivity contribution in [2.75, 3.05) is 14.7 Å². The van der Waals surface area contributed by atoms with Gasteiger partial charge >= 0.3 is 0 Å². The summed E-state index contributed by atoms with van der Waals surface area (Å²) < 4.78 is 2.54. The summed E-state index contributed by atoms with van der Waals surface area (Å²) in [6.07, 6.45) is 6.35. The first kappa shape index (κ1) is 61.3. The molecule has 4 aliphatic heterocycles. The lowest BCUT2D eigenvalue weighted by atomic mass is 9.33. The minimum absolute atomic E-state index is 0.0564. The number of piperidine rings is 2. The number of anilines is 7. The number of hydrogen-bond donors (Lipinski definition) is 0. The van der Waals surface area contributed by atoms with Crippen LogP contribution in [0.25, 0.3) is 115 Å². The summed E-state index contributed by atoms with van der Waals surface area (Å²) in [7, 11) is 0. The van der Waals surface area contributed by atoms with Crippen LogP contribution in [0.2, 0.25) is 0 Å². The van der Waals surface area contributed by atoms with Gasteiger partial charge in [0.2, 0.25) is 0 Å². The van der Waals surface area contributed by atoms with Gasteiger partial charge in [-0.1, -0.05) is 284 Å². The van der Waals surface area contributed by atoms with Crippen LogP contribution in [0.3, 0.4) is 0 Å². The molecular formula is C99H81BN4. The van der Waals surface area contributed by atoms with E-state index in [1.165, 1.54) is 209 Å². The summed E-state index contributed by atoms with van der Waals surface area (Å²) in [6, 6.07) is 116. The molecule has 16 aromatic rings. The first-order chi connectivity index (χ1) is 50.8. The van der Waals surface area contributed by atoms with E-state index < -0.39 is 0 Å². The van der Waals surface area contributed by atoms with E-state index in [0.717, 1.165) is 17.5 Å². The molecular weight excluding hydrogens is 1260 g/mol. The Balaban J connectivity index is 0.936. The van der Waals surface area contributed by atoms with Crippen molar-refractivity contribution < 1.29 is 0 Å². The highest BCUT2D eigenvalue weighted by Crippen LogP contribution is 2.58. The molecule has 5 heteroatoms. The summed E-state index contributed by atoms with van der Waals surface area (Å²) in [5, 5.41) is 10.4. The van der Waals surface area contributed by atoms with Crippen molar-refractivity contribution in [1.29, 1.82) is 0 Å². The highest BCUT2D eigenvalue weighted by atomic mass is 15.2. The second-order valence-corrected chi connectivity index (χ2v) is 32.8. The molecule has 0 atom stereocenters. The normalized spacial score (nSPS) is 17.4. The third kappa shape index (κ3) is 9.44. The monoisotopic (exact) mass is 1340 g/mol. The lowest BCUT2D eigenvalue weighted by molar-refractivity contribution is 0.0900. The van der Waals surface area contributed by atoms with Gasteiger partial charge < -0.3 is 19.3 Å². The molecule has 1 aromatic heterocycles. The smallest absolute Gasteiger partial charge is 0.252 e. The Morgan fingerprint density at radius 2 is 0.760 bits per heavy atom. The zero-order valence-corrected chi connectivity index (χ0v) is 60.0. The van der Waals surface area contributed by atoms with E-state index in [1.807, 2.05) is 0 Å². The van der Waals surface area contributed by atoms with Gasteiger partial charge in [-0.15, -0.1) is 0 Å². The molecule has 4 nitrogen and oxygen atoms in total. The van der Waals surface area contributed by atoms with Crippen molar-refractivity contribution in [2.24, 2.45) is 11.8 Å². The molecule has 5 heterocycles. The standard InChI is InChI=1S/C99H81BN4/c1-98(2,3)71-52-68-41-42-69-53-72(99(4,5)6)57-84-83(55-70(54-71)93(68)94(69)84)67-43-46-89-86(56-67)100-85-45-44-73(102-87-39-21-19-33-81(87)82-34-20-22-40-88(82)102)58-90(85)104(97-79(65-29-15-9-16-30-65)37-24-38-80(97)66-31-17-10-18-32-66)92-60-76(101-74-48-61-47-62(50-74)51-75(101)49-61)59-91(95(92)100)103(89)96-77(63-25-11-7-12-26-63)35-23-36-78(96)64-27-13-8-14-28-64/h7-46,52-62,74-75H,47-51H2,1-6H3. The van der Waals surface area contributed by atoms with Crippen molar-refractivity contribution in [1.82, 2.24) is 4.57 Å². The number of fused-ring (bicyclic) bond motifs is 7. The van der Waals surface area contributed by atoms with E-state index >= 15 is 0 Å². The summed E-state index contributed by atoms with van der Waals surface area (Å²) in [6.45, 7) is 14.0. The van der Waals surface area contributed by atoms with Crippen molar-refractivity contribution in [3.63, 3.8) is 0 Å². The fourth-order valence-electron chi connectivity index (χ4n) is 20.1. The Kier molecular flexibility index (Phi) is 13.6. The van der Waals surface area contributed by atoms with Gasteiger partial charge in [0.25, 0.3) is 6.71 Å². The maximum absolute atomic E-state index is 2.96. The molecule has 22 rings (SSSR count). The maximum atomic E-state index is 2.96. The van der Waals surface area contributed by atoms with Gasteiger partial charge in [0.05, 0.1) is 22.4 Å². The third-order valence-corrected chi connectivity index (χ3v) is 24.6. The van der Waals surface area contributed by atoms with Crippen LogP contribution in [0.1, 0.15) is 84.8 Å². The molecule has 2 aliphatic carbocycles. The largest absolute Gasteiger partial charge is 0.365 e. The number of benzene rings is 15. The molecule has 0 spiro atoms. The molecule has 0 radical (unpaired) electrons. The highest BCUT2D eigenvalue weighted by molar-refractivity contribution is 7.00. The van der Waals surface area contributed by atoms with Gasteiger partial charge in [-0.3, -0.25) is 0 Å². The molecule has 0 unspecified atom stereocenters. The van der Waals surface area contributed by atoms with Crippen LogP contribution in [0.15, 0.2) is 297 Å². The molecule has 6 aliphatic rings.